The molecule has 0 bridgehead atoms. The molecule has 2 rings (SSSR count). The summed E-state index contributed by atoms with van der Waals surface area (Å²) in [6.45, 7) is 2.68. The van der Waals surface area contributed by atoms with Gasteiger partial charge in [-0.1, -0.05) is 24.3 Å². The number of ketones is 3. The number of hydrogen-bond acceptors (Lipinski definition) is 4. The lowest BCUT2D eigenvalue weighted by atomic mass is 9.84. The Kier molecular flexibility index (Phi) is 3.17. The summed E-state index contributed by atoms with van der Waals surface area (Å²) in [5.74, 6) is -1.81. The Hall–Kier alpha value is -2.49. The molecular weight excluding hydrogens is 244 g/mol. The standard InChI is InChI=1S/C15H12O4/c1-8(16)14(9(2)17)12-7-13(18)15(19)11-6-4-3-5-10(11)12/h3-7,16H,1-2H3. The summed E-state index contributed by atoms with van der Waals surface area (Å²) in [4.78, 5) is 35.1. The van der Waals surface area contributed by atoms with Crippen molar-refractivity contribution in [1.82, 2.24) is 0 Å². The van der Waals surface area contributed by atoms with Crippen molar-refractivity contribution in [3.63, 3.8) is 0 Å². The van der Waals surface area contributed by atoms with Gasteiger partial charge in [-0.05, 0) is 25.5 Å². The lowest BCUT2D eigenvalue weighted by Crippen LogP contribution is -2.20. The number of hydrogen-bond donors (Lipinski definition) is 1. The molecule has 0 saturated heterocycles. The van der Waals surface area contributed by atoms with E-state index in [4.69, 9.17) is 0 Å². The van der Waals surface area contributed by atoms with Gasteiger partial charge in [0.05, 0.1) is 5.57 Å². The minimum atomic E-state index is -0.686. The van der Waals surface area contributed by atoms with Crippen LogP contribution in [-0.2, 0) is 9.59 Å². The van der Waals surface area contributed by atoms with E-state index >= 15 is 0 Å². The van der Waals surface area contributed by atoms with Gasteiger partial charge < -0.3 is 5.11 Å². The topological polar surface area (TPSA) is 71.4 Å². The van der Waals surface area contributed by atoms with Crippen LogP contribution in [0.2, 0.25) is 0 Å². The minimum Gasteiger partial charge on any atom is -0.512 e. The van der Waals surface area contributed by atoms with E-state index in [0.717, 1.165) is 6.08 Å². The van der Waals surface area contributed by atoms with Crippen molar-refractivity contribution >= 4 is 22.9 Å². The normalized spacial score (nSPS) is 15.6. The number of benzene rings is 1. The molecule has 96 valence electrons. The van der Waals surface area contributed by atoms with Crippen molar-refractivity contribution in [3.05, 3.63) is 52.8 Å². The zero-order valence-electron chi connectivity index (χ0n) is 10.6. The molecule has 4 nitrogen and oxygen atoms in total. The predicted molar refractivity (Wildman–Crippen MR) is 69.8 cm³/mol. The average molecular weight is 256 g/mol. The van der Waals surface area contributed by atoms with Crippen LogP contribution in [0.1, 0.15) is 29.8 Å². The smallest absolute Gasteiger partial charge is 0.233 e. The van der Waals surface area contributed by atoms with Crippen LogP contribution in [0, 0.1) is 0 Å². The molecule has 0 saturated carbocycles. The van der Waals surface area contributed by atoms with Crippen LogP contribution in [0.15, 0.2) is 41.7 Å². The highest BCUT2D eigenvalue weighted by Gasteiger charge is 2.29. The van der Waals surface area contributed by atoms with E-state index in [1.54, 1.807) is 18.2 Å². The van der Waals surface area contributed by atoms with E-state index in [1.807, 2.05) is 0 Å². The summed E-state index contributed by atoms with van der Waals surface area (Å²) in [5.41, 5.74) is 1.11. The van der Waals surface area contributed by atoms with Gasteiger partial charge in [0.15, 0.2) is 5.78 Å². The Balaban J connectivity index is 2.75. The summed E-state index contributed by atoms with van der Waals surface area (Å²) < 4.78 is 0. The van der Waals surface area contributed by atoms with E-state index in [1.165, 1.54) is 19.9 Å². The Labute approximate surface area is 110 Å². The third-order valence-electron chi connectivity index (χ3n) is 2.94. The number of fused-ring (bicyclic) bond motifs is 1. The summed E-state index contributed by atoms with van der Waals surface area (Å²) >= 11 is 0. The van der Waals surface area contributed by atoms with Crippen molar-refractivity contribution in [1.29, 1.82) is 0 Å². The quantitative estimate of drug-likeness (QED) is 0.500. The van der Waals surface area contributed by atoms with Crippen LogP contribution in [0.5, 0.6) is 0 Å². The van der Waals surface area contributed by atoms with Crippen molar-refractivity contribution in [3.8, 4) is 0 Å². The molecule has 0 spiro atoms. The molecular formula is C15H12O4. The maximum absolute atomic E-state index is 11.8. The molecule has 1 aromatic carbocycles. The molecule has 0 aromatic heterocycles. The second-order valence-electron chi connectivity index (χ2n) is 4.31. The maximum Gasteiger partial charge on any atom is 0.233 e. The van der Waals surface area contributed by atoms with Gasteiger partial charge >= 0.3 is 0 Å². The minimum absolute atomic E-state index is 0.0632. The predicted octanol–water partition coefficient (Wildman–Crippen LogP) is 2.26. The number of carbonyl (C=O) groups excluding carboxylic acids is 3. The van der Waals surface area contributed by atoms with Crippen LogP contribution < -0.4 is 0 Å². The molecule has 1 aliphatic rings. The number of aliphatic hydroxyl groups is 1. The van der Waals surface area contributed by atoms with Gasteiger partial charge in [0.2, 0.25) is 11.6 Å². The highest BCUT2D eigenvalue weighted by molar-refractivity contribution is 6.51. The maximum atomic E-state index is 11.8. The van der Waals surface area contributed by atoms with Gasteiger partial charge in [0, 0.05) is 11.1 Å². The highest BCUT2D eigenvalue weighted by Crippen LogP contribution is 2.32. The van der Waals surface area contributed by atoms with Gasteiger partial charge in [0.25, 0.3) is 0 Å². The van der Waals surface area contributed by atoms with Crippen LogP contribution in [0.3, 0.4) is 0 Å². The number of aliphatic hydroxyl groups excluding tert-OH is 1. The van der Waals surface area contributed by atoms with Crippen LogP contribution in [-0.4, -0.2) is 22.5 Å². The van der Waals surface area contributed by atoms with E-state index in [9.17, 15) is 19.5 Å². The third-order valence-corrected chi connectivity index (χ3v) is 2.94. The monoisotopic (exact) mass is 256 g/mol. The number of Topliss-reactive ketones (excluding diaryl/α,β-unsaturated/α-hetero) is 2. The van der Waals surface area contributed by atoms with Gasteiger partial charge in [-0.3, -0.25) is 14.4 Å². The van der Waals surface area contributed by atoms with E-state index < -0.39 is 11.6 Å². The van der Waals surface area contributed by atoms with E-state index in [2.05, 4.69) is 0 Å². The largest absolute Gasteiger partial charge is 0.512 e. The summed E-state index contributed by atoms with van der Waals surface area (Å²) in [6, 6.07) is 6.54. The number of rotatable bonds is 2. The van der Waals surface area contributed by atoms with Crippen molar-refractivity contribution in [2.75, 3.05) is 0 Å². The zero-order chi connectivity index (χ0) is 14.2. The van der Waals surface area contributed by atoms with Gasteiger partial charge in [-0.2, -0.15) is 0 Å². The molecule has 0 amide bonds. The Morgan fingerprint density at radius 3 is 2.16 bits per heavy atom. The molecule has 1 N–H and O–H groups in total. The first-order chi connectivity index (χ1) is 8.93. The fourth-order valence-electron chi connectivity index (χ4n) is 2.17. The van der Waals surface area contributed by atoms with Gasteiger partial charge in [0.1, 0.15) is 5.76 Å². The Bertz CT molecular complexity index is 658. The molecule has 0 unspecified atom stereocenters. The molecule has 0 fully saturated rings. The van der Waals surface area contributed by atoms with Crippen molar-refractivity contribution in [2.24, 2.45) is 0 Å². The summed E-state index contributed by atoms with van der Waals surface area (Å²) in [5, 5.41) is 9.63. The second kappa shape index (κ2) is 4.65. The first-order valence-electron chi connectivity index (χ1n) is 5.74. The van der Waals surface area contributed by atoms with Gasteiger partial charge in [-0.25, -0.2) is 0 Å². The van der Waals surface area contributed by atoms with Gasteiger partial charge in [-0.15, -0.1) is 0 Å². The molecule has 0 heterocycles. The van der Waals surface area contributed by atoms with E-state index in [0.29, 0.717) is 11.1 Å². The first kappa shape index (κ1) is 13.0. The molecule has 0 aliphatic heterocycles. The average Bonchev–Trinajstić information content (AvgIpc) is 2.34. The van der Waals surface area contributed by atoms with E-state index in [-0.39, 0.29) is 22.7 Å². The van der Waals surface area contributed by atoms with Crippen LogP contribution in [0.4, 0.5) is 0 Å². The first-order valence-corrected chi connectivity index (χ1v) is 5.74. The Morgan fingerprint density at radius 2 is 1.63 bits per heavy atom. The molecule has 0 atom stereocenters. The Morgan fingerprint density at radius 1 is 1.05 bits per heavy atom. The fourth-order valence-corrected chi connectivity index (χ4v) is 2.17. The lowest BCUT2D eigenvalue weighted by molar-refractivity contribution is -0.113. The van der Waals surface area contributed by atoms with Crippen LogP contribution in [0.25, 0.3) is 5.57 Å². The fraction of sp³-hybridized carbons (Fsp3) is 0.133. The summed E-state index contributed by atoms with van der Waals surface area (Å²) in [7, 11) is 0. The SMILES string of the molecule is CC(=O)C(C1=CC(=O)C(=O)c2ccccc21)=C(C)O. The summed E-state index contributed by atoms with van der Waals surface area (Å²) in [6.07, 6.45) is 1.11. The van der Waals surface area contributed by atoms with Crippen LogP contribution >= 0.6 is 0 Å². The number of allylic oxidation sites excluding steroid dienone is 4. The second-order valence-corrected chi connectivity index (χ2v) is 4.31. The highest BCUT2D eigenvalue weighted by atomic mass is 16.3. The molecule has 4 heteroatoms. The third kappa shape index (κ3) is 2.12. The molecule has 1 aromatic rings. The molecule has 1 aliphatic carbocycles. The zero-order valence-corrected chi connectivity index (χ0v) is 10.6. The molecule has 19 heavy (non-hydrogen) atoms. The number of carbonyl (C=O) groups is 3. The lowest BCUT2D eigenvalue weighted by Gasteiger charge is -2.17. The van der Waals surface area contributed by atoms with Crippen molar-refractivity contribution < 1.29 is 19.5 Å². The molecule has 0 radical (unpaired) electrons. The van der Waals surface area contributed by atoms with Crippen molar-refractivity contribution in [2.45, 2.75) is 13.8 Å².